The van der Waals surface area contributed by atoms with Crippen LogP contribution >= 0.6 is 11.6 Å². The number of hydrogen-bond donors (Lipinski definition) is 2. The van der Waals surface area contributed by atoms with Crippen molar-refractivity contribution in [1.82, 2.24) is 9.97 Å². The summed E-state index contributed by atoms with van der Waals surface area (Å²) < 4.78 is 13.2. The Hall–Kier alpha value is -3.19. The van der Waals surface area contributed by atoms with Crippen molar-refractivity contribution < 1.29 is 9.18 Å². The molecule has 2 aromatic carbocycles. The number of rotatable bonds is 7. The van der Waals surface area contributed by atoms with E-state index in [0.717, 1.165) is 35.9 Å². The van der Waals surface area contributed by atoms with E-state index in [9.17, 15) is 9.18 Å². The van der Waals surface area contributed by atoms with Gasteiger partial charge in [0.1, 0.15) is 11.6 Å². The van der Waals surface area contributed by atoms with E-state index < -0.39 is 5.82 Å². The molecule has 1 aliphatic rings. The minimum atomic E-state index is -0.461. The van der Waals surface area contributed by atoms with Gasteiger partial charge in [-0.25, -0.2) is 9.37 Å². The van der Waals surface area contributed by atoms with Crippen LogP contribution in [0, 0.1) is 12.7 Å². The second kappa shape index (κ2) is 9.96. The van der Waals surface area contributed by atoms with Gasteiger partial charge in [0, 0.05) is 42.6 Å². The molecular weight excluding hydrogens is 429 g/mol. The van der Waals surface area contributed by atoms with Gasteiger partial charge in [0.15, 0.2) is 0 Å². The molecule has 8 heteroatoms. The molecule has 1 fully saturated rings. The quantitative estimate of drug-likeness (QED) is 0.494. The second-order valence-corrected chi connectivity index (χ2v) is 8.29. The van der Waals surface area contributed by atoms with Crippen LogP contribution in [-0.2, 0) is 11.2 Å². The van der Waals surface area contributed by atoms with Crippen molar-refractivity contribution >= 4 is 40.6 Å². The molecule has 0 radical (unpaired) electrons. The molecule has 6 nitrogen and oxygen atoms in total. The third kappa shape index (κ3) is 5.73. The lowest BCUT2D eigenvalue weighted by molar-refractivity contribution is -0.116. The summed E-state index contributed by atoms with van der Waals surface area (Å²) in [5.74, 6) is 0.922. The molecule has 0 atom stereocenters. The third-order valence-electron chi connectivity index (χ3n) is 5.32. The summed E-state index contributed by atoms with van der Waals surface area (Å²) in [4.78, 5) is 23.7. The number of benzene rings is 2. The Labute approximate surface area is 191 Å². The van der Waals surface area contributed by atoms with Gasteiger partial charge in [-0.3, -0.25) is 4.79 Å². The molecule has 3 aromatic rings. The number of aryl methyl sites for hydroxylation is 2. The molecule has 0 unspecified atom stereocenters. The van der Waals surface area contributed by atoms with Crippen LogP contribution in [0.2, 0.25) is 5.02 Å². The van der Waals surface area contributed by atoms with Gasteiger partial charge < -0.3 is 15.5 Å². The molecule has 166 valence electrons. The first-order valence-electron chi connectivity index (χ1n) is 10.7. The molecular formula is C24H25ClFN5O. The van der Waals surface area contributed by atoms with Crippen LogP contribution in [0.15, 0.2) is 48.5 Å². The van der Waals surface area contributed by atoms with Gasteiger partial charge in [-0.1, -0.05) is 17.7 Å². The summed E-state index contributed by atoms with van der Waals surface area (Å²) in [5, 5.41) is 6.18. The molecule has 4 rings (SSSR count). The standard InChI is InChI=1S/C24H25ClFN5O/c1-16-14-22(31-12-2-3-13-31)30-24(27-16)29-19-8-6-18(7-9-19)28-23(32)11-5-17-4-10-21(26)20(25)15-17/h4,6-10,14-15H,2-3,5,11-13H2,1H3,(H,28,32)(H,27,29,30). The van der Waals surface area contributed by atoms with Crippen molar-refractivity contribution in [3.8, 4) is 0 Å². The fourth-order valence-corrected chi connectivity index (χ4v) is 3.86. The van der Waals surface area contributed by atoms with Gasteiger partial charge in [0.05, 0.1) is 5.02 Å². The third-order valence-corrected chi connectivity index (χ3v) is 5.61. The topological polar surface area (TPSA) is 70.2 Å². The van der Waals surface area contributed by atoms with Gasteiger partial charge in [-0.2, -0.15) is 4.98 Å². The Kier molecular flexibility index (Phi) is 6.85. The van der Waals surface area contributed by atoms with E-state index >= 15 is 0 Å². The van der Waals surface area contributed by atoms with Crippen molar-refractivity contribution in [2.75, 3.05) is 28.6 Å². The fourth-order valence-electron chi connectivity index (χ4n) is 3.66. The van der Waals surface area contributed by atoms with Crippen LogP contribution in [0.1, 0.15) is 30.5 Å². The molecule has 1 saturated heterocycles. The molecule has 1 amide bonds. The minimum Gasteiger partial charge on any atom is -0.356 e. The van der Waals surface area contributed by atoms with E-state index in [1.165, 1.54) is 18.9 Å². The van der Waals surface area contributed by atoms with Crippen LogP contribution < -0.4 is 15.5 Å². The number of carbonyl (C=O) groups excluding carboxylic acids is 1. The van der Waals surface area contributed by atoms with Crippen LogP contribution in [0.25, 0.3) is 0 Å². The monoisotopic (exact) mass is 453 g/mol. The lowest BCUT2D eigenvalue weighted by atomic mass is 10.1. The smallest absolute Gasteiger partial charge is 0.229 e. The Morgan fingerprint density at radius 1 is 1.06 bits per heavy atom. The average molecular weight is 454 g/mol. The fraction of sp³-hybridized carbons (Fsp3) is 0.292. The molecule has 0 saturated carbocycles. The first-order chi connectivity index (χ1) is 15.5. The van der Waals surface area contributed by atoms with Crippen molar-refractivity contribution in [2.45, 2.75) is 32.6 Å². The van der Waals surface area contributed by atoms with E-state index in [0.29, 0.717) is 18.1 Å². The maximum Gasteiger partial charge on any atom is 0.229 e. The zero-order valence-corrected chi connectivity index (χ0v) is 18.6. The van der Waals surface area contributed by atoms with Crippen molar-refractivity contribution in [3.05, 3.63) is 70.6 Å². The van der Waals surface area contributed by atoms with E-state index in [-0.39, 0.29) is 17.4 Å². The van der Waals surface area contributed by atoms with E-state index in [4.69, 9.17) is 11.6 Å². The van der Waals surface area contributed by atoms with E-state index in [2.05, 4.69) is 25.5 Å². The van der Waals surface area contributed by atoms with Crippen LogP contribution in [0.3, 0.4) is 0 Å². The molecule has 0 spiro atoms. The lowest BCUT2D eigenvalue weighted by Gasteiger charge is -2.17. The molecule has 1 aromatic heterocycles. The molecule has 2 heterocycles. The Morgan fingerprint density at radius 3 is 2.50 bits per heavy atom. The zero-order chi connectivity index (χ0) is 22.5. The van der Waals surface area contributed by atoms with Crippen LogP contribution in [0.4, 0.5) is 27.5 Å². The number of anilines is 4. The number of hydrogen-bond acceptors (Lipinski definition) is 5. The highest BCUT2D eigenvalue weighted by Gasteiger charge is 2.15. The van der Waals surface area contributed by atoms with Gasteiger partial charge in [0.25, 0.3) is 0 Å². The van der Waals surface area contributed by atoms with Crippen molar-refractivity contribution in [3.63, 3.8) is 0 Å². The number of carbonyl (C=O) groups is 1. The zero-order valence-electron chi connectivity index (χ0n) is 17.9. The highest BCUT2D eigenvalue weighted by Crippen LogP contribution is 2.23. The van der Waals surface area contributed by atoms with Crippen LogP contribution in [0.5, 0.6) is 0 Å². The predicted molar refractivity (Wildman–Crippen MR) is 126 cm³/mol. The largest absolute Gasteiger partial charge is 0.356 e. The molecule has 1 aliphatic heterocycles. The number of nitrogens with zero attached hydrogens (tertiary/aromatic N) is 3. The molecule has 32 heavy (non-hydrogen) atoms. The summed E-state index contributed by atoms with van der Waals surface area (Å²) in [5.41, 5.74) is 3.26. The van der Waals surface area contributed by atoms with E-state index in [1.54, 1.807) is 12.1 Å². The predicted octanol–water partition coefficient (Wildman–Crippen LogP) is 5.49. The number of aromatic nitrogens is 2. The van der Waals surface area contributed by atoms with E-state index in [1.807, 2.05) is 37.3 Å². The highest BCUT2D eigenvalue weighted by molar-refractivity contribution is 6.30. The van der Waals surface area contributed by atoms with Crippen molar-refractivity contribution in [2.24, 2.45) is 0 Å². The minimum absolute atomic E-state index is 0.0659. The van der Waals surface area contributed by atoms with Gasteiger partial charge in [-0.05, 0) is 68.1 Å². The van der Waals surface area contributed by atoms with Crippen molar-refractivity contribution in [1.29, 1.82) is 0 Å². The first kappa shape index (κ1) is 22.0. The summed E-state index contributed by atoms with van der Waals surface area (Å²) in [6.07, 6.45) is 3.14. The maximum absolute atomic E-state index is 13.2. The molecule has 0 bridgehead atoms. The summed E-state index contributed by atoms with van der Waals surface area (Å²) in [6, 6.07) is 13.9. The Morgan fingerprint density at radius 2 is 1.78 bits per heavy atom. The lowest BCUT2D eigenvalue weighted by Crippen LogP contribution is -2.19. The van der Waals surface area contributed by atoms with Gasteiger partial charge in [-0.15, -0.1) is 0 Å². The Bertz CT molecular complexity index is 1100. The summed E-state index contributed by atoms with van der Waals surface area (Å²) >= 11 is 5.79. The second-order valence-electron chi connectivity index (χ2n) is 7.88. The van der Waals surface area contributed by atoms with Crippen LogP contribution in [-0.4, -0.2) is 29.0 Å². The molecule has 2 N–H and O–H groups in total. The first-order valence-corrected chi connectivity index (χ1v) is 11.1. The van der Waals surface area contributed by atoms with Gasteiger partial charge in [0.2, 0.25) is 11.9 Å². The average Bonchev–Trinajstić information content (AvgIpc) is 3.31. The maximum atomic E-state index is 13.2. The SMILES string of the molecule is Cc1cc(N2CCCC2)nc(Nc2ccc(NC(=O)CCc3ccc(F)c(Cl)c3)cc2)n1. The highest BCUT2D eigenvalue weighted by atomic mass is 35.5. The summed E-state index contributed by atoms with van der Waals surface area (Å²) in [7, 11) is 0. The Balaban J connectivity index is 1.33. The van der Waals surface area contributed by atoms with Gasteiger partial charge >= 0.3 is 0 Å². The number of nitrogens with one attached hydrogen (secondary N) is 2. The number of halogens is 2. The molecule has 0 aliphatic carbocycles. The number of amides is 1. The normalized spacial score (nSPS) is 13.3. The summed E-state index contributed by atoms with van der Waals surface area (Å²) in [6.45, 7) is 4.02.